The fraction of sp³-hybridized carbons (Fsp3) is 0.222. The van der Waals surface area contributed by atoms with Crippen molar-refractivity contribution in [3.05, 3.63) is 48.8 Å². The second-order valence-electron chi connectivity index (χ2n) is 6.53. The number of ether oxygens (including phenoxy) is 1. The van der Waals surface area contributed by atoms with Gasteiger partial charge >= 0.3 is 6.09 Å². The van der Waals surface area contributed by atoms with E-state index in [9.17, 15) is 4.79 Å². The molecule has 1 aromatic carbocycles. The maximum absolute atomic E-state index is 11.9. The van der Waals surface area contributed by atoms with Gasteiger partial charge in [-0.3, -0.25) is 5.32 Å². The van der Waals surface area contributed by atoms with E-state index in [1.54, 1.807) is 6.20 Å². The van der Waals surface area contributed by atoms with Gasteiger partial charge in [0.2, 0.25) is 0 Å². The quantitative estimate of drug-likeness (QED) is 0.699. The molecular formula is C18H20N4O2. The number of anilines is 2. The summed E-state index contributed by atoms with van der Waals surface area (Å²) in [5.41, 5.74) is 7.81. The molecule has 0 saturated heterocycles. The van der Waals surface area contributed by atoms with Gasteiger partial charge in [-0.15, -0.1) is 0 Å². The van der Waals surface area contributed by atoms with Crippen LogP contribution in [0.1, 0.15) is 20.8 Å². The first-order chi connectivity index (χ1) is 11.3. The fourth-order valence-electron chi connectivity index (χ4n) is 2.36. The third-order valence-electron chi connectivity index (χ3n) is 3.37. The van der Waals surface area contributed by atoms with E-state index in [0.29, 0.717) is 11.5 Å². The largest absolute Gasteiger partial charge is 0.444 e. The van der Waals surface area contributed by atoms with Gasteiger partial charge in [-0.1, -0.05) is 0 Å². The van der Waals surface area contributed by atoms with Crippen LogP contribution < -0.4 is 11.1 Å². The highest BCUT2D eigenvalue weighted by molar-refractivity contribution is 5.89. The third kappa shape index (κ3) is 3.48. The summed E-state index contributed by atoms with van der Waals surface area (Å²) in [6.45, 7) is 5.44. The number of nitrogens with two attached hydrogens (primary N) is 1. The minimum Gasteiger partial charge on any atom is -0.444 e. The number of fused-ring (bicyclic) bond motifs is 1. The highest BCUT2D eigenvalue weighted by Gasteiger charge is 2.17. The predicted octanol–water partition coefficient (Wildman–Crippen LogP) is 3.95. The lowest BCUT2D eigenvalue weighted by molar-refractivity contribution is 0.0635. The first-order valence-electron chi connectivity index (χ1n) is 7.65. The van der Waals surface area contributed by atoms with E-state index in [-0.39, 0.29) is 0 Å². The Hall–Kier alpha value is -3.02. The number of hydrogen-bond donors (Lipinski definition) is 2. The summed E-state index contributed by atoms with van der Waals surface area (Å²) in [7, 11) is 0. The molecule has 0 saturated carbocycles. The molecule has 1 amide bonds. The van der Waals surface area contributed by atoms with Gasteiger partial charge in [0.05, 0.1) is 5.52 Å². The highest BCUT2D eigenvalue weighted by Crippen LogP contribution is 2.23. The van der Waals surface area contributed by atoms with E-state index in [4.69, 9.17) is 10.5 Å². The Morgan fingerprint density at radius 1 is 1.21 bits per heavy atom. The maximum atomic E-state index is 11.9. The van der Waals surface area contributed by atoms with Crippen molar-refractivity contribution in [1.82, 2.24) is 9.55 Å². The Morgan fingerprint density at radius 3 is 2.58 bits per heavy atom. The molecule has 0 aliphatic rings. The van der Waals surface area contributed by atoms with Crippen molar-refractivity contribution in [3.8, 4) is 5.69 Å². The summed E-state index contributed by atoms with van der Waals surface area (Å²) in [6.07, 6.45) is 3.14. The lowest BCUT2D eigenvalue weighted by Gasteiger charge is -2.19. The number of nitrogen functional groups attached to an aromatic ring is 1. The standard InChI is InChI=1S/C18H20N4O2/c1-18(2,3)24-17(23)21-16-10-15-12(11-20-16)8-9-22(15)14-6-4-13(19)5-7-14/h4-11H,19H2,1-3H3,(H,20,21,23). The number of carbonyl (C=O) groups excluding carboxylic acids is 1. The first-order valence-corrected chi connectivity index (χ1v) is 7.65. The van der Waals surface area contributed by atoms with E-state index in [1.807, 2.05) is 67.9 Å². The van der Waals surface area contributed by atoms with E-state index in [0.717, 1.165) is 16.6 Å². The van der Waals surface area contributed by atoms with E-state index >= 15 is 0 Å². The number of pyridine rings is 1. The third-order valence-corrected chi connectivity index (χ3v) is 3.37. The lowest BCUT2D eigenvalue weighted by atomic mass is 10.2. The lowest BCUT2D eigenvalue weighted by Crippen LogP contribution is -2.27. The molecule has 0 bridgehead atoms. The molecule has 0 spiro atoms. The summed E-state index contributed by atoms with van der Waals surface area (Å²) in [5, 5.41) is 3.64. The van der Waals surface area contributed by atoms with Crippen LogP contribution in [-0.4, -0.2) is 21.2 Å². The van der Waals surface area contributed by atoms with Crippen molar-refractivity contribution in [2.24, 2.45) is 0 Å². The van der Waals surface area contributed by atoms with Crippen LogP contribution >= 0.6 is 0 Å². The molecule has 3 N–H and O–H groups in total. The monoisotopic (exact) mass is 324 g/mol. The van der Waals surface area contributed by atoms with Crippen LogP contribution in [-0.2, 0) is 4.74 Å². The number of nitrogens with zero attached hydrogens (tertiary/aromatic N) is 2. The minimum absolute atomic E-state index is 0.437. The van der Waals surface area contributed by atoms with Crippen molar-refractivity contribution in [2.75, 3.05) is 11.1 Å². The summed E-state index contributed by atoms with van der Waals surface area (Å²) in [5.74, 6) is 0.437. The molecule has 0 aliphatic carbocycles. The average molecular weight is 324 g/mol. The number of carbonyl (C=O) groups is 1. The van der Waals surface area contributed by atoms with Gasteiger partial charge in [0.15, 0.2) is 0 Å². The van der Waals surface area contributed by atoms with Gasteiger partial charge < -0.3 is 15.0 Å². The fourth-order valence-corrected chi connectivity index (χ4v) is 2.36. The van der Waals surface area contributed by atoms with E-state index < -0.39 is 11.7 Å². The normalized spacial score (nSPS) is 11.5. The molecular weight excluding hydrogens is 304 g/mol. The predicted molar refractivity (Wildman–Crippen MR) is 95.3 cm³/mol. The molecule has 0 unspecified atom stereocenters. The number of hydrogen-bond acceptors (Lipinski definition) is 4. The van der Waals surface area contributed by atoms with Crippen molar-refractivity contribution in [3.63, 3.8) is 0 Å². The number of benzene rings is 1. The molecule has 0 aliphatic heterocycles. The molecule has 2 aromatic heterocycles. The van der Waals surface area contributed by atoms with Gasteiger partial charge in [0.1, 0.15) is 11.4 Å². The second-order valence-corrected chi connectivity index (χ2v) is 6.53. The average Bonchev–Trinajstić information content (AvgIpc) is 2.89. The molecule has 124 valence electrons. The van der Waals surface area contributed by atoms with Crippen molar-refractivity contribution in [2.45, 2.75) is 26.4 Å². The van der Waals surface area contributed by atoms with Gasteiger partial charge in [-0.25, -0.2) is 9.78 Å². The first kappa shape index (κ1) is 15.9. The molecule has 6 nitrogen and oxygen atoms in total. The summed E-state index contributed by atoms with van der Waals surface area (Å²) in [4.78, 5) is 16.2. The molecule has 3 rings (SSSR count). The van der Waals surface area contributed by atoms with Crippen molar-refractivity contribution >= 4 is 28.5 Å². The van der Waals surface area contributed by atoms with E-state index in [2.05, 4.69) is 10.3 Å². The Labute approximate surface area is 140 Å². The van der Waals surface area contributed by atoms with Gasteiger partial charge in [0, 0.05) is 35.2 Å². The Balaban J connectivity index is 1.91. The van der Waals surface area contributed by atoms with Crippen LogP contribution in [0.2, 0.25) is 0 Å². The van der Waals surface area contributed by atoms with Gasteiger partial charge in [0.25, 0.3) is 0 Å². The van der Waals surface area contributed by atoms with Gasteiger partial charge in [-0.2, -0.15) is 0 Å². The zero-order valence-electron chi connectivity index (χ0n) is 13.9. The van der Waals surface area contributed by atoms with Crippen LogP contribution in [0.15, 0.2) is 48.8 Å². The Bertz CT molecular complexity index is 876. The van der Waals surface area contributed by atoms with Crippen LogP contribution in [0, 0.1) is 0 Å². The molecule has 6 heteroatoms. The van der Waals surface area contributed by atoms with Crippen molar-refractivity contribution in [1.29, 1.82) is 0 Å². The molecule has 3 aromatic rings. The number of nitrogens with one attached hydrogen (secondary N) is 1. The smallest absolute Gasteiger partial charge is 0.413 e. The molecule has 0 radical (unpaired) electrons. The van der Waals surface area contributed by atoms with Crippen LogP contribution in [0.4, 0.5) is 16.3 Å². The van der Waals surface area contributed by atoms with E-state index in [1.165, 1.54) is 0 Å². The maximum Gasteiger partial charge on any atom is 0.413 e. The zero-order valence-corrected chi connectivity index (χ0v) is 13.9. The summed E-state index contributed by atoms with van der Waals surface area (Å²) in [6, 6.07) is 11.4. The summed E-state index contributed by atoms with van der Waals surface area (Å²) < 4.78 is 7.26. The molecule has 2 heterocycles. The number of rotatable bonds is 2. The minimum atomic E-state index is -0.557. The zero-order chi connectivity index (χ0) is 17.3. The molecule has 24 heavy (non-hydrogen) atoms. The van der Waals surface area contributed by atoms with Crippen LogP contribution in [0.25, 0.3) is 16.6 Å². The topological polar surface area (TPSA) is 82.2 Å². The molecule has 0 atom stereocenters. The Kier molecular flexibility index (Phi) is 3.89. The van der Waals surface area contributed by atoms with Gasteiger partial charge in [-0.05, 0) is 51.1 Å². The van der Waals surface area contributed by atoms with Crippen LogP contribution in [0.3, 0.4) is 0 Å². The number of amides is 1. The number of aromatic nitrogens is 2. The SMILES string of the molecule is CC(C)(C)OC(=O)Nc1cc2c(ccn2-c2ccc(N)cc2)cn1. The summed E-state index contributed by atoms with van der Waals surface area (Å²) >= 11 is 0. The highest BCUT2D eigenvalue weighted by atomic mass is 16.6. The van der Waals surface area contributed by atoms with Crippen LogP contribution in [0.5, 0.6) is 0 Å². The second kappa shape index (κ2) is 5.88. The van der Waals surface area contributed by atoms with Crippen molar-refractivity contribution < 1.29 is 9.53 Å². The Morgan fingerprint density at radius 2 is 1.92 bits per heavy atom. The molecule has 0 fully saturated rings.